The molecule has 1 aliphatic carbocycles. The lowest BCUT2D eigenvalue weighted by Gasteiger charge is -2.36. The summed E-state index contributed by atoms with van der Waals surface area (Å²) in [6.45, 7) is 5.29. The molecule has 3 nitrogen and oxygen atoms in total. The van der Waals surface area contributed by atoms with Gasteiger partial charge in [0, 0.05) is 37.7 Å². The van der Waals surface area contributed by atoms with Crippen LogP contribution in [0.25, 0.3) is 0 Å². The van der Waals surface area contributed by atoms with Crippen LogP contribution in [0, 0.1) is 5.92 Å². The standard InChI is InChI=1S/C20H22Cl2N2O.BrH/c21-16-3-6-20(19(22)12-16)24-9-7-23(8-10-24)13-15-11-18(15)14-1-4-17(25)5-2-14;/h1-6,12,15,18,25H,7-11,13H2;1H/t15-,18-;/m1./s1. The molecule has 0 radical (unpaired) electrons. The Hall–Kier alpha value is -0.940. The van der Waals surface area contributed by atoms with Crippen LogP contribution in [-0.4, -0.2) is 42.7 Å². The van der Waals surface area contributed by atoms with Crippen LogP contribution < -0.4 is 4.90 Å². The quantitative estimate of drug-likeness (QED) is 0.683. The summed E-state index contributed by atoms with van der Waals surface area (Å²) in [7, 11) is 0. The van der Waals surface area contributed by atoms with Gasteiger partial charge in [0.05, 0.1) is 10.7 Å². The van der Waals surface area contributed by atoms with E-state index in [1.807, 2.05) is 18.2 Å². The number of piperazine rings is 1. The first kappa shape index (κ1) is 19.8. The van der Waals surface area contributed by atoms with E-state index in [0.29, 0.717) is 16.7 Å². The van der Waals surface area contributed by atoms with Crippen LogP contribution in [0.2, 0.25) is 10.0 Å². The fourth-order valence-corrected chi connectivity index (χ4v) is 4.35. The molecule has 26 heavy (non-hydrogen) atoms. The highest BCUT2D eigenvalue weighted by atomic mass is 79.9. The van der Waals surface area contributed by atoms with E-state index < -0.39 is 0 Å². The van der Waals surface area contributed by atoms with Gasteiger partial charge in [0.25, 0.3) is 0 Å². The molecular formula is C20H23BrCl2N2O. The molecule has 2 aromatic carbocycles. The Morgan fingerprint density at radius 1 is 0.962 bits per heavy atom. The van der Waals surface area contributed by atoms with Crippen LogP contribution in [0.1, 0.15) is 17.9 Å². The minimum Gasteiger partial charge on any atom is -0.508 e. The van der Waals surface area contributed by atoms with Crippen molar-refractivity contribution in [1.29, 1.82) is 0 Å². The largest absolute Gasteiger partial charge is 0.508 e. The molecule has 140 valence electrons. The van der Waals surface area contributed by atoms with Gasteiger partial charge in [0.1, 0.15) is 5.75 Å². The average Bonchev–Trinajstić information content (AvgIpc) is 3.36. The molecule has 0 unspecified atom stereocenters. The van der Waals surface area contributed by atoms with Crippen molar-refractivity contribution in [2.24, 2.45) is 5.92 Å². The Labute approximate surface area is 175 Å². The normalized spacial score (nSPS) is 22.8. The Bertz CT molecular complexity index is 748. The summed E-state index contributed by atoms with van der Waals surface area (Å²) >= 11 is 12.3. The molecule has 6 heteroatoms. The number of phenolic OH excluding ortho intramolecular Hbond substituents is 1. The number of aromatic hydroxyl groups is 1. The lowest BCUT2D eigenvalue weighted by Crippen LogP contribution is -2.47. The zero-order valence-corrected chi connectivity index (χ0v) is 17.7. The zero-order valence-electron chi connectivity index (χ0n) is 14.4. The van der Waals surface area contributed by atoms with E-state index in [1.54, 1.807) is 12.1 Å². The molecule has 1 saturated heterocycles. The van der Waals surface area contributed by atoms with Gasteiger partial charge in [-0.15, -0.1) is 17.0 Å². The summed E-state index contributed by atoms with van der Waals surface area (Å²) in [6, 6.07) is 13.4. The molecule has 1 aliphatic heterocycles. The summed E-state index contributed by atoms with van der Waals surface area (Å²) in [5.41, 5.74) is 2.44. The van der Waals surface area contributed by atoms with E-state index in [9.17, 15) is 5.11 Å². The molecule has 0 amide bonds. The van der Waals surface area contributed by atoms with E-state index in [2.05, 4.69) is 21.9 Å². The van der Waals surface area contributed by atoms with Gasteiger partial charge in [-0.1, -0.05) is 35.3 Å². The fourth-order valence-electron chi connectivity index (χ4n) is 3.82. The number of halogens is 3. The van der Waals surface area contributed by atoms with Gasteiger partial charge in [0.2, 0.25) is 0 Å². The predicted molar refractivity (Wildman–Crippen MR) is 114 cm³/mol. The monoisotopic (exact) mass is 456 g/mol. The molecule has 2 aromatic rings. The third kappa shape index (κ3) is 4.48. The molecule has 0 bridgehead atoms. The van der Waals surface area contributed by atoms with Gasteiger partial charge in [-0.25, -0.2) is 0 Å². The first-order valence-electron chi connectivity index (χ1n) is 8.81. The third-order valence-electron chi connectivity index (χ3n) is 5.36. The molecule has 2 fully saturated rings. The number of rotatable bonds is 4. The highest BCUT2D eigenvalue weighted by Gasteiger charge is 2.39. The number of benzene rings is 2. The van der Waals surface area contributed by atoms with Crippen LogP contribution in [0.4, 0.5) is 5.69 Å². The summed E-state index contributed by atoms with van der Waals surface area (Å²) in [6.07, 6.45) is 1.26. The maximum Gasteiger partial charge on any atom is 0.115 e. The van der Waals surface area contributed by atoms with Crippen molar-refractivity contribution in [3.63, 3.8) is 0 Å². The van der Waals surface area contributed by atoms with Crippen molar-refractivity contribution in [3.8, 4) is 5.75 Å². The number of anilines is 1. The molecule has 1 heterocycles. The van der Waals surface area contributed by atoms with Gasteiger partial charge in [0.15, 0.2) is 0 Å². The van der Waals surface area contributed by atoms with Crippen molar-refractivity contribution >= 4 is 45.9 Å². The van der Waals surface area contributed by atoms with Crippen LogP contribution in [0.3, 0.4) is 0 Å². The number of hydrogen-bond acceptors (Lipinski definition) is 3. The number of hydrogen-bond donors (Lipinski definition) is 1. The van der Waals surface area contributed by atoms with E-state index in [0.717, 1.165) is 49.4 Å². The molecule has 0 spiro atoms. The van der Waals surface area contributed by atoms with E-state index in [4.69, 9.17) is 23.2 Å². The highest BCUT2D eigenvalue weighted by molar-refractivity contribution is 8.93. The van der Waals surface area contributed by atoms with Crippen LogP contribution in [0.5, 0.6) is 5.75 Å². The first-order valence-corrected chi connectivity index (χ1v) is 9.57. The molecule has 1 N–H and O–H groups in total. The zero-order chi connectivity index (χ0) is 17.4. The van der Waals surface area contributed by atoms with Gasteiger partial charge in [-0.3, -0.25) is 4.90 Å². The third-order valence-corrected chi connectivity index (χ3v) is 5.90. The summed E-state index contributed by atoms with van der Waals surface area (Å²) in [5.74, 6) is 1.75. The second-order valence-electron chi connectivity index (χ2n) is 7.08. The van der Waals surface area contributed by atoms with E-state index in [-0.39, 0.29) is 17.0 Å². The fraction of sp³-hybridized carbons (Fsp3) is 0.400. The van der Waals surface area contributed by atoms with Gasteiger partial charge < -0.3 is 10.0 Å². The second-order valence-corrected chi connectivity index (χ2v) is 7.92. The van der Waals surface area contributed by atoms with Crippen molar-refractivity contribution in [2.45, 2.75) is 12.3 Å². The Kier molecular flexibility index (Phi) is 6.39. The summed E-state index contributed by atoms with van der Waals surface area (Å²) in [5, 5.41) is 10.8. The minimum absolute atomic E-state index is 0. The smallest absolute Gasteiger partial charge is 0.115 e. The van der Waals surface area contributed by atoms with Gasteiger partial charge >= 0.3 is 0 Å². The molecule has 4 rings (SSSR count). The highest BCUT2D eigenvalue weighted by Crippen LogP contribution is 2.48. The Balaban J connectivity index is 0.00000196. The number of nitrogens with zero attached hydrogens (tertiary/aromatic N) is 2. The summed E-state index contributed by atoms with van der Waals surface area (Å²) in [4.78, 5) is 4.91. The maximum atomic E-state index is 9.41. The molecule has 1 saturated carbocycles. The van der Waals surface area contributed by atoms with Crippen molar-refractivity contribution < 1.29 is 5.11 Å². The molecule has 2 aliphatic rings. The SMILES string of the molecule is Br.Oc1ccc([C@H]2C[C@@H]2CN2CCN(c3ccc(Cl)cc3Cl)CC2)cc1. The predicted octanol–water partition coefficient (Wildman–Crippen LogP) is 5.20. The van der Waals surface area contributed by atoms with Crippen molar-refractivity contribution in [3.05, 3.63) is 58.1 Å². The van der Waals surface area contributed by atoms with E-state index >= 15 is 0 Å². The molecular weight excluding hydrogens is 435 g/mol. The van der Waals surface area contributed by atoms with Gasteiger partial charge in [-0.05, 0) is 54.2 Å². The Morgan fingerprint density at radius 3 is 2.31 bits per heavy atom. The first-order chi connectivity index (χ1) is 12.1. The molecule has 0 aromatic heterocycles. The van der Waals surface area contributed by atoms with E-state index in [1.165, 1.54) is 12.0 Å². The lowest BCUT2D eigenvalue weighted by atomic mass is 10.1. The van der Waals surface area contributed by atoms with Crippen LogP contribution in [-0.2, 0) is 0 Å². The van der Waals surface area contributed by atoms with Crippen LogP contribution >= 0.6 is 40.2 Å². The maximum absolute atomic E-state index is 9.41. The average molecular weight is 458 g/mol. The van der Waals surface area contributed by atoms with Crippen molar-refractivity contribution in [2.75, 3.05) is 37.6 Å². The van der Waals surface area contributed by atoms with Crippen LogP contribution in [0.15, 0.2) is 42.5 Å². The minimum atomic E-state index is 0. The topological polar surface area (TPSA) is 26.7 Å². The lowest BCUT2D eigenvalue weighted by molar-refractivity contribution is 0.246. The number of phenols is 1. The second kappa shape index (κ2) is 8.39. The molecule has 2 atom stereocenters. The summed E-state index contributed by atoms with van der Waals surface area (Å²) < 4.78 is 0. The van der Waals surface area contributed by atoms with Gasteiger partial charge in [-0.2, -0.15) is 0 Å². The Morgan fingerprint density at radius 2 is 1.65 bits per heavy atom. The van der Waals surface area contributed by atoms with Crippen molar-refractivity contribution in [1.82, 2.24) is 4.90 Å².